The summed E-state index contributed by atoms with van der Waals surface area (Å²) in [5, 5.41) is 3.15. The van der Waals surface area contributed by atoms with E-state index >= 15 is 0 Å². The minimum Gasteiger partial charge on any atom is -0.406 e. The summed E-state index contributed by atoms with van der Waals surface area (Å²) < 4.78 is 39.5. The van der Waals surface area contributed by atoms with Gasteiger partial charge in [-0.1, -0.05) is 20.3 Å². The Morgan fingerprint density at radius 1 is 1.24 bits per heavy atom. The van der Waals surface area contributed by atoms with Crippen molar-refractivity contribution >= 4 is 5.69 Å². The fraction of sp³-hybridized carbons (Fsp3) is 0.500. The van der Waals surface area contributed by atoms with Crippen LogP contribution in [0.1, 0.15) is 20.3 Å². The molecule has 0 aliphatic rings. The van der Waals surface area contributed by atoms with Crippen molar-refractivity contribution in [3.05, 3.63) is 24.3 Å². The van der Waals surface area contributed by atoms with Gasteiger partial charge < -0.3 is 10.1 Å². The molecule has 1 aromatic rings. The Hall–Kier alpha value is -1.39. The van der Waals surface area contributed by atoms with Crippen LogP contribution in [0.4, 0.5) is 18.9 Å². The zero-order valence-electron chi connectivity index (χ0n) is 9.84. The lowest BCUT2D eigenvalue weighted by molar-refractivity contribution is -0.274. The van der Waals surface area contributed by atoms with Crippen molar-refractivity contribution in [1.29, 1.82) is 0 Å². The maximum Gasteiger partial charge on any atom is 0.573 e. The second kappa shape index (κ2) is 5.80. The summed E-state index contributed by atoms with van der Waals surface area (Å²) in [5.74, 6) is 0.327. The number of hydrogen-bond donors (Lipinski definition) is 1. The van der Waals surface area contributed by atoms with Gasteiger partial charge in [-0.2, -0.15) is 0 Å². The number of alkyl halides is 3. The van der Waals surface area contributed by atoms with Crippen LogP contribution in [0.25, 0.3) is 0 Å². The van der Waals surface area contributed by atoms with E-state index in [-0.39, 0.29) is 5.75 Å². The van der Waals surface area contributed by atoms with Gasteiger partial charge in [-0.3, -0.25) is 0 Å². The molecule has 1 unspecified atom stereocenters. The van der Waals surface area contributed by atoms with Crippen molar-refractivity contribution in [2.45, 2.75) is 26.6 Å². The Morgan fingerprint density at radius 3 is 2.29 bits per heavy atom. The first-order chi connectivity index (χ1) is 7.90. The third-order valence-electron chi connectivity index (χ3n) is 2.44. The second-order valence-corrected chi connectivity index (χ2v) is 3.97. The molecule has 0 aliphatic carbocycles. The number of rotatable bonds is 5. The summed E-state index contributed by atoms with van der Waals surface area (Å²) >= 11 is 0. The van der Waals surface area contributed by atoms with E-state index in [0.717, 1.165) is 18.7 Å². The lowest BCUT2D eigenvalue weighted by Crippen LogP contribution is -2.17. The molecule has 5 heteroatoms. The highest BCUT2D eigenvalue weighted by Gasteiger charge is 2.30. The normalized spacial score (nSPS) is 13.2. The molecule has 1 aromatic carbocycles. The summed E-state index contributed by atoms with van der Waals surface area (Å²) in [4.78, 5) is 0. The first-order valence-electron chi connectivity index (χ1n) is 5.50. The predicted molar refractivity (Wildman–Crippen MR) is 61.1 cm³/mol. The van der Waals surface area contributed by atoms with E-state index < -0.39 is 6.36 Å². The van der Waals surface area contributed by atoms with Crippen LogP contribution in [0, 0.1) is 5.92 Å². The first-order valence-corrected chi connectivity index (χ1v) is 5.50. The van der Waals surface area contributed by atoms with Gasteiger partial charge in [0.15, 0.2) is 0 Å². The number of ether oxygens (including phenoxy) is 1. The van der Waals surface area contributed by atoms with E-state index in [4.69, 9.17) is 0 Å². The minimum atomic E-state index is -4.63. The standard InChI is InChI=1S/C12H16F3NO/c1-3-9(2)8-16-10-4-6-11(7-5-10)17-12(13,14)15/h4-7,9,16H,3,8H2,1-2H3. The molecule has 0 radical (unpaired) electrons. The van der Waals surface area contributed by atoms with Crippen LogP contribution in [0.3, 0.4) is 0 Å². The van der Waals surface area contributed by atoms with Crippen LogP contribution in [0.15, 0.2) is 24.3 Å². The van der Waals surface area contributed by atoms with Crippen LogP contribution in [0.2, 0.25) is 0 Å². The Bertz CT molecular complexity index is 335. The third-order valence-corrected chi connectivity index (χ3v) is 2.44. The Balaban J connectivity index is 2.50. The van der Waals surface area contributed by atoms with E-state index in [1.807, 2.05) is 0 Å². The largest absolute Gasteiger partial charge is 0.573 e. The SMILES string of the molecule is CCC(C)CNc1ccc(OC(F)(F)F)cc1. The highest BCUT2D eigenvalue weighted by Crippen LogP contribution is 2.23. The molecule has 0 bridgehead atoms. The smallest absolute Gasteiger partial charge is 0.406 e. The zero-order chi connectivity index (χ0) is 12.9. The van der Waals surface area contributed by atoms with Gasteiger partial charge in [-0.15, -0.1) is 13.2 Å². The fourth-order valence-electron chi connectivity index (χ4n) is 1.21. The number of anilines is 1. The van der Waals surface area contributed by atoms with Gasteiger partial charge in [-0.05, 0) is 30.2 Å². The van der Waals surface area contributed by atoms with Gasteiger partial charge in [-0.25, -0.2) is 0 Å². The van der Waals surface area contributed by atoms with Crippen LogP contribution in [-0.4, -0.2) is 12.9 Å². The molecule has 0 fully saturated rings. The van der Waals surface area contributed by atoms with Crippen molar-refractivity contribution in [1.82, 2.24) is 0 Å². The molecule has 0 spiro atoms. The lowest BCUT2D eigenvalue weighted by Gasteiger charge is -2.12. The maximum atomic E-state index is 11.9. The summed E-state index contributed by atoms with van der Waals surface area (Å²) in [6, 6.07) is 5.74. The average molecular weight is 247 g/mol. The molecular weight excluding hydrogens is 231 g/mol. The van der Waals surface area contributed by atoms with Crippen LogP contribution < -0.4 is 10.1 Å². The van der Waals surface area contributed by atoms with E-state index in [1.54, 1.807) is 12.1 Å². The van der Waals surface area contributed by atoms with Gasteiger partial charge in [0.2, 0.25) is 0 Å². The number of nitrogens with one attached hydrogen (secondary N) is 1. The zero-order valence-corrected chi connectivity index (χ0v) is 9.84. The van der Waals surface area contributed by atoms with Gasteiger partial charge in [0.1, 0.15) is 5.75 Å². The van der Waals surface area contributed by atoms with Gasteiger partial charge in [0.25, 0.3) is 0 Å². The minimum absolute atomic E-state index is 0.202. The molecule has 0 saturated heterocycles. The van der Waals surface area contributed by atoms with Gasteiger partial charge >= 0.3 is 6.36 Å². The number of hydrogen-bond acceptors (Lipinski definition) is 2. The first kappa shape index (κ1) is 13.7. The van der Waals surface area contributed by atoms with Crippen LogP contribution in [0.5, 0.6) is 5.75 Å². The van der Waals surface area contributed by atoms with Crippen molar-refractivity contribution in [2.75, 3.05) is 11.9 Å². The molecule has 0 saturated carbocycles. The van der Waals surface area contributed by atoms with Crippen molar-refractivity contribution in [3.63, 3.8) is 0 Å². The van der Waals surface area contributed by atoms with Crippen molar-refractivity contribution < 1.29 is 17.9 Å². The van der Waals surface area contributed by atoms with Gasteiger partial charge in [0, 0.05) is 12.2 Å². The van der Waals surface area contributed by atoms with Crippen LogP contribution in [-0.2, 0) is 0 Å². The summed E-state index contributed by atoms with van der Waals surface area (Å²) in [5.41, 5.74) is 0.792. The fourth-order valence-corrected chi connectivity index (χ4v) is 1.21. The van der Waals surface area contributed by atoms with Crippen LogP contribution >= 0.6 is 0 Å². The molecule has 1 atom stereocenters. The lowest BCUT2D eigenvalue weighted by atomic mass is 10.1. The maximum absolute atomic E-state index is 11.9. The molecule has 0 heterocycles. The Kier molecular flexibility index (Phi) is 4.66. The quantitative estimate of drug-likeness (QED) is 0.847. The summed E-state index contributed by atoms with van der Waals surface area (Å²) in [6.45, 7) is 5.00. The molecule has 0 aromatic heterocycles. The van der Waals surface area contributed by atoms with E-state index in [2.05, 4.69) is 23.9 Å². The topological polar surface area (TPSA) is 21.3 Å². The molecule has 1 N–H and O–H groups in total. The van der Waals surface area contributed by atoms with Crippen molar-refractivity contribution in [3.8, 4) is 5.75 Å². The molecule has 17 heavy (non-hydrogen) atoms. The van der Waals surface area contributed by atoms with Gasteiger partial charge in [0.05, 0.1) is 0 Å². The van der Waals surface area contributed by atoms with E-state index in [0.29, 0.717) is 5.92 Å². The molecule has 2 nitrogen and oxygen atoms in total. The summed E-state index contributed by atoms with van der Waals surface area (Å²) in [6.07, 6.45) is -3.58. The molecule has 96 valence electrons. The number of benzene rings is 1. The summed E-state index contributed by atoms with van der Waals surface area (Å²) in [7, 11) is 0. The van der Waals surface area contributed by atoms with E-state index in [1.165, 1.54) is 12.1 Å². The Labute approximate surface area is 98.8 Å². The highest BCUT2D eigenvalue weighted by atomic mass is 19.4. The second-order valence-electron chi connectivity index (χ2n) is 3.97. The molecule has 0 amide bonds. The average Bonchev–Trinajstić information content (AvgIpc) is 2.25. The number of halogens is 3. The monoisotopic (exact) mass is 247 g/mol. The molecular formula is C12H16F3NO. The highest BCUT2D eigenvalue weighted by molar-refractivity contribution is 5.46. The van der Waals surface area contributed by atoms with Crippen molar-refractivity contribution in [2.24, 2.45) is 5.92 Å². The molecule has 0 aliphatic heterocycles. The van der Waals surface area contributed by atoms with E-state index in [9.17, 15) is 13.2 Å². The predicted octanol–water partition coefficient (Wildman–Crippen LogP) is 4.04. The Morgan fingerprint density at radius 2 is 1.82 bits per heavy atom. The third kappa shape index (κ3) is 5.47. The molecule has 1 rings (SSSR count).